The van der Waals surface area contributed by atoms with Gasteiger partial charge in [-0.3, -0.25) is 9.59 Å². The molecule has 0 saturated carbocycles. The number of aliphatic hydroxyl groups is 1. The Hall–Kier alpha value is -3.27. The van der Waals surface area contributed by atoms with E-state index in [1.54, 1.807) is 0 Å². The van der Waals surface area contributed by atoms with Crippen LogP contribution in [0.3, 0.4) is 0 Å². The number of anilines is 1. The minimum atomic E-state index is -3.00. The first kappa shape index (κ1) is 29.0. The molecule has 0 aromatic heterocycles. The van der Waals surface area contributed by atoms with Gasteiger partial charge in [-0.1, -0.05) is 6.42 Å². The highest BCUT2D eigenvalue weighted by Crippen LogP contribution is 2.34. The molecule has 4 atom stereocenters. The van der Waals surface area contributed by atoms with Crippen molar-refractivity contribution in [2.75, 3.05) is 11.9 Å². The molecule has 0 radical (unpaired) electrons. The van der Waals surface area contributed by atoms with Crippen molar-refractivity contribution in [1.82, 2.24) is 5.32 Å². The minimum absolute atomic E-state index is 0.00914. The van der Waals surface area contributed by atoms with Crippen LogP contribution < -0.4 is 21.1 Å². The zero-order valence-corrected chi connectivity index (χ0v) is 19.6. The number of hydrogen-bond acceptors (Lipinski definition) is 7. The second kappa shape index (κ2) is 14.3. The van der Waals surface area contributed by atoms with Gasteiger partial charge in [0.25, 0.3) is 6.43 Å². The van der Waals surface area contributed by atoms with E-state index in [2.05, 4.69) is 16.6 Å². The van der Waals surface area contributed by atoms with Gasteiger partial charge in [0.1, 0.15) is 11.8 Å². The molecule has 1 fully saturated rings. The lowest BCUT2D eigenvalue weighted by molar-refractivity contribution is -0.195. The quantitative estimate of drug-likeness (QED) is 0.198. The molecule has 1 aromatic carbocycles. The van der Waals surface area contributed by atoms with Gasteiger partial charge in [0.2, 0.25) is 18.1 Å². The molecule has 1 heterocycles. The van der Waals surface area contributed by atoms with Crippen molar-refractivity contribution in [3.63, 3.8) is 0 Å². The second-order valence-electron chi connectivity index (χ2n) is 8.31. The molecule has 1 aromatic rings. The van der Waals surface area contributed by atoms with Gasteiger partial charge >= 0.3 is 5.97 Å². The molecule has 10 nitrogen and oxygen atoms in total. The Morgan fingerprint density at radius 1 is 1.25 bits per heavy atom. The number of nitrogens with one attached hydrogen (secondary N) is 2. The standard InChI is InChI=1S/C24H31F2N3O7/c1-2-6-17(29-20(31)7-4-3-5-10-27)23(32)28-14-8-9-18(16(11-14)22(25)26)35-21-13-15(30)12-19(36-21)24(33)34/h1,8-9,11,15,17,19,21-22,30H,3-7,10,12-13,27H2,(H,28,32)(H,29,31)(H,33,34). The largest absolute Gasteiger partial charge is 0.479 e. The van der Waals surface area contributed by atoms with Gasteiger partial charge in [0, 0.05) is 31.4 Å². The molecule has 12 heteroatoms. The summed E-state index contributed by atoms with van der Waals surface area (Å²) in [6.07, 6.45) is 0.651. The van der Waals surface area contributed by atoms with Crippen molar-refractivity contribution in [3.05, 3.63) is 23.8 Å². The number of carboxylic acids is 1. The summed E-state index contributed by atoms with van der Waals surface area (Å²) in [5.74, 6) is -0.341. The number of carboxylic acid groups (broad SMARTS) is 1. The van der Waals surface area contributed by atoms with Crippen molar-refractivity contribution in [2.24, 2.45) is 5.73 Å². The molecule has 0 aliphatic carbocycles. The molecule has 1 saturated heterocycles. The number of hydrogen-bond donors (Lipinski definition) is 5. The highest BCUT2D eigenvalue weighted by Gasteiger charge is 2.34. The Labute approximate surface area is 207 Å². The maximum atomic E-state index is 13.7. The van der Waals surface area contributed by atoms with E-state index in [0.717, 1.165) is 18.9 Å². The predicted octanol–water partition coefficient (Wildman–Crippen LogP) is 1.92. The fraction of sp³-hybridized carbons (Fsp3) is 0.542. The number of ether oxygens (including phenoxy) is 2. The number of unbranched alkanes of at least 4 members (excludes halogenated alkanes) is 2. The highest BCUT2D eigenvalue weighted by molar-refractivity contribution is 5.97. The van der Waals surface area contributed by atoms with E-state index in [4.69, 9.17) is 26.7 Å². The Morgan fingerprint density at radius 2 is 2.00 bits per heavy atom. The zero-order chi connectivity index (χ0) is 26.7. The number of alkyl halides is 2. The SMILES string of the molecule is C#CCC(NC(=O)CCCCCN)C(=O)Nc1ccc(OC2CC(O)CC(C(=O)O)O2)c(C(F)F)c1. The van der Waals surface area contributed by atoms with Crippen LogP contribution in [0.4, 0.5) is 14.5 Å². The number of rotatable bonds is 13. The number of benzene rings is 1. The molecule has 0 bridgehead atoms. The minimum Gasteiger partial charge on any atom is -0.479 e. The van der Waals surface area contributed by atoms with Crippen LogP contribution in [0.5, 0.6) is 5.75 Å². The second-order valence-corrected chi connectivity index (χ2v) is 8.31. The first-order chi connectivity index (χ1) is 17.1. The molecule has 1 aliphatic heterocycles. The van der Waals surface area contributed by atoms with E-state index in [9.17, 15) is 28.3 Å². The number of halogens is 2. The average molecular weight is 512 g/mol. The van der Waals surface area contributed by atoms with Crippen molar-refractivity contribution in [2.45, 2.75) is 75.9 Å². The lowest BCUT2D eigenvalue weighted by Crippen LogP contribution is -2.43. The Balaban J connectivity index is 2.07. The van der Waals surface area contributed by atoms with E-state index in [0.29, 0.717) is 13.0 Å². The number of aliphatic carboxylic acids is 1. The molecular formula is C24H31F2N3O7. The fourth-order valence-corrected chi connectivity index (χ4v) is 3.57. The topological polar surface area (TPSA) is 160 Å². The molecule has 0 spiro atoms. The van der Waals surface area contributed by atoms with Crippen LogP contribution in [-0.4, -0.2) is 59.1 Å². The average Bonchev–Trinajstić information content (AvgIpc) is 2.82. The smallest absolute Gasteiger partial charge is 0.333 e. The van der Waals surface area contributed by atoms with Gasteiger partial charge in [0.05, 0.1) is 11.7 Å². The van der Waals surface area contributed by atoms with Crippen LogP contribution in [0.1, 0.15) is 56.9 Å². The van der Waals surface area contributed by atoms with E-state index in [1.165, 1.54) is 12.1 Å². The molecular weight excluding hydrogens is 480 g/mol. The van der Waals surface area contributed by atoms with Crippen LogP contribution in [0.2, 0.25) is 0 Å². The van der Waals surface area contributed by atoms with Crippen LogP contribution in [0, 0.1) is 12.3 Å². The molecule has 1 aliphatic rings. The number of amides is 2. The normalized spacial score (nSPS) is 20.3. The van der Waals surface area contributed by atoms with Gasteiger partial charge in [-0.25, -0.2) is 13.6 Å². The molecule has 2 rings (SSSR count). The lowest BCUT2D eigenvalue weighted by atomic mass is 10.1. The van der Waals surface area contributed by atoms with E-state index < -0.39 is 48.4 Å². The van der Waals surface area contributed by atoms with E-state index in [1.807, 2.05) is 0 Å². The third-order valence-corrected chi connectivity index (χ3v) is 5.39. The lowest BCUT2D eigenvalue weighted by Gasteiger charge is -2.31. The number of aliphatic hydroxyl groups excluding tert-OH is 1. The molecule has 6 N–H and O–H groups in total. The summed E-state index contributed by atoms with van der Waals surface area (Å²) in [5.41, 5.74) is 4.84. The Morgan fingerprint density at radius 3 is 2.64 bits per heavy atom. The molecule has 4 unspecified atom stereocenters. The summed E-state index contributed by atoms with van der Waals surface area (Å²) in [5, 5.41) is 24.0. The van der Waals surface area contributed by atoms with E-state index in [-0.39, 0.29) is 43.0 Å². The van der Waals surface area contributed by atoms with Crippen molar-refractivity contribution in [1.29, 1.82) is 0 Å². The first-order valence-corrected chi connectivity index (χ1v) is 11.5. The number of carbonyl (C=O) groups excluding carboxylic acids is 2. The maximum Gasteiger partial charge on any atom is 0.333 e. The first-order valence-electron chi connectivity index (χ1n) is 11.5. The monoisotopic (exact) mass is 511 g/mol. The zero-order valence-electron chi connectivity index (χ0n) is 19.6. The van der Waals surface area contributed by atoms with Gasteiger partial charge in [-0.05, 0) is 37.6 Å². The highest BCUT2D eigenvalue weighted by atomic mass is 19.3. The summed E-state index contributed by atoms with van der Waals surface area (Å²) in [4.78, 5) is 36.0. The Bertz CT molecular complexity index is 954. The molecule has 36 heavy (non-hydrogen) atoms. The molecule has 198 valence electrons. The van der Waals surface area contributed by atoms with Crippen molar-refractivity contribution < 1.29 is 42.9 Å². The predicted molar refractivity (Wildman–Crippen MR) is 125 cm³/mol. The van der Waals surface area contributed by atoms with Gasteiger partial charge < -0.3 is 36.1 Å². The van der Waals surface area contributed by atoms with Gasteiger partial charge in [-0.15, -0.1) is 12.3 Å². The van der Waals surface area contributed by atoms with Gasteiger partial charge in [-0.2, -0.15) is 0 Å². The summed E-state index contributed by atoms with van der Waals surface area (Å²) in [7, 11) is 0. The van der Waals surface area contributed by atoms with Gasteiger partial charge in [0.15, 0.2) is 6.10 Å². The number of nitrogens with two attached hydrogens (primary N) is 1. The summed E-state index contributed by atoms with van der Waals surface area (Å²) < 4.78 is 38.1. The van der Waals surface area contributed by atoms with Crippen LogP contribution in [0.15, 0.2) is 18.2 Å². The Kier molecular flexibility index (Phi) is 11.5. The van der Waals surface area contributed by atoms with Crippen molar-refractivity contribution >= 4 is 23.5 Å². The fourth-order valence-electron chi connectivity index (χ4n) is 3.57. The van der Waals surface area contributed by atoms with Crippen molar-refractivity contribution in [3.8, 4) is 18.1 Å². The molecule has 2 amide bonds. The van der Waals surface area contributed by atoms with E-state index >= 15 is 0 Å². The summed E-state index contributed by atoms with van der Waals surface area (Å²) in [6.45, 7) is 0.521. The maximum absolute atomic E-state index is 13.7. The van der Waals surface area contributed by atoms with Crippen LogP contribution in [-0.2, 0) is 19.1 Å². The van der Waals surface area contributed by atoms with Crippen LogP contribution >= 0.6 is 0 Å². The number of carbonyl (C=O) groups is 3. The summed E-state index contributed by atoms with van der Waals surface area (Å²) >= 11 is 0. The number of terminal acetylenes is 1. The summed E-state index contributed by atoms with van der Waals surface area (Å²) in [6, 6.07) is 2.40. The van der Waals surface area contributed by atoms with Crippen LogP contribution in [0.25, 0.3) is 0 Å². The third kappa shape index (κ3) is 9.07. The third-order valence-electron chi connectivity index (χ3n) is 5.39.